The molecule has 0 radical (unpaired) electrons. The van der Waals surface area contributed by atoms with E-state index in [1.807, 2.05) is 24.3 Å². The Morgan fingerprint density at radius 2 is 1.90 bits per heavy atom. The van der Waals surface area contributed by atoms with E-state index in [4.69, 9.17) is 25.8 Å². The Bertz CT molecular complexity index is 1110. The maximum atomic E-state index is 12.8. The van der Waals surface area contributed by atoms with Crippen LogP contribution in [0.25, 0.3) is 0 Å². The van der Waals surface area contributed by atoms with Crippen LogP contribution >= 0.6 is 11.6 Å². The lowest BCUT2D eigenvalue weighted by molar-refractivity contribution is 0.0785. The molecule has 0 saturated heterocycles. The Kier molecular flexibility index (Phi) is 5.71. The molecule has 0 spiro atoms. The maximum Gasteiger partial charge on any atom is 0.257 e. The monoisotopic (exact) mass is 440 g/mol. The lowest BCUT2D eigenvalue weighted by atomic mass is 9.97. The number of aromatic nitrogens is 1. The first-order valence-electron chi connectivity index (χ1n) is 9.62. The number of nitrogens with one attached hydrogen (secondary N) is 1. The molecule has 2 aromatic carbocycles. The van der Waals surface area contributed by atoms with Crippen molar-refractivity contribution >= 4 is 17.5 Å². The predicted molar refractivity (Wildman–Crippen MR) is 115 cm³/mol. The third-order valence-corrected chi connectivity index (χ3v) is 4.94. The van der Waals surface area contributed by atoms with Crippen LogP contribution in [0.15, 0.2) is 54.7 Å². The van der Waals surface area contributed by atoms with E-state index < -0.39 is 5.60 Å². The van der Waals surface area contributed by atoms with Crippen LogP contribution in [0.4, 0.5) is 0 Å². The smallest absolute Gasteiger partial charge is 0.257 e. The van der Waals surface area contributed by atoms with Gasteiger partial charge >= 0.3 is 0 Å². The zero-order valence-corrected chi connectivity index (χ0v) is 17.8. The van der Waals surface area contributed by atoms with E-state index in [9.17, 15) is 9.90 Å². The molecule has 1 amide bonds. The molecule has 0 unspecified atom stereocenters. The van der Waals surface area contributed by atoms with Gasteiger partial charge in [0.15, 0.2) is 11.5 Å². The average molecular weight is 441 g/mol. The number of hydrogen-bond acceptors (Lipinski definition) is 6. The molecular weight excluding hydrogens is 420 g/mol. The highest BCUT2D eigenvalue weighted by atomic mass is 35.5. The van der Waals surface area contributed by atoms with Gasteiger partial charge in [-0.15, -0.1) is 0 Å². The minimum absolute atomic E-state index is 0.123. The van der Waals surface area contributed by atoms with Gasteiger partial charge in [-0.3, -0.25) is 4.79 Å². The van der Waals surface area contributed by atoms with Gasteiger partial charge in [-0.05, 0) is 43.2 Å². The number of carbonyl (C=O) groups is 1. The summed E-state index contributed by atoms with van der Waals surface area (Å²) >= 11 is 6.06. The molecule has 0 atom stereocenters. The van der Waals surface area contributed by atoms with Gasteiger partial charge in [-0.25, -0.2) is 4.98 Å². The van der Waals surface area contributed by atoms with Crippen LogP contribution in [0.2, 0.25) is 5.02 Å². The van der Waals surface area contributed by atoms with Crippen LogP contribution in [0.3, 0.4) is 0 Å². The third-order valence-electron chi connectivity index (χ3n) is 4.73. The van der Waals surface area contributed by atoms with E-state index >= 15 is 0 Å². The van der Waals surface area contributed by atoms with E-state index in [0.29, 0.717) is 28.8 Å². The summed E-state index contributed by atoms with van der Waals surface area (Å²) in [5, 5.41) is 13.2. The Hall–Kier alpha value is -3.29. The summed E-state index contributed by atoms with van der Waals surface area (Å²) in [6.45, 7) is 3.89. The van der Waals surface area contributed by atoms with Crippen LogP contribution < -0.4 is 19.5 Å². The first kappa shape index (κ1) is 21.0. The maximum absolute atomic E-state index is 12.8. The van der Waals surface area contributed by atoms with Crippen LogP contribution in [-0.4, -0.2) is 22.8 Å². The van der Waals surface area contributed by atoms with Crippen molar-refractivity contribution in [2.75, 3.05) is 6.79 Å². The van der Waals surface area contributed by atoms with E-state index in [1.165, 1.54) is 12.3 Å². The van der Waals surface area contributed by atoms with Crippen LogP contribution in [-0.2, 0) is 12.1 Å². The number of halogens is 1. The van der Waals surface area contributed by atoms with Crippen LogP contribution in [0.5, 0.6) is 23.1 Å². The van der Waals surface area contributed by atoms with Crippen molar-refractivity contribution in [2.24, 2.45) is 0 Å². The Balaban J connectivity index is 1.48. The number of ether oxygens (including phenoxy) is 3. The third kappa shape index (κ3) is 4.90. The van der Waals surface area contributed by atoms with Gasteiger partial charge in [0.2, 0.25) is 12.7 Å². The van der Waals surface area contributed by atoms with Gasteiger partial charge in [-0.2, -0.15) is 0 Å². The standard InChI is InChI=1S/C23H21ClN2O5/c1-23(2,28)15-5-3-14(4-6-15)11-25-21(27)18-9-16(24)12-26-22(18)31-17-7-8-19-20(10-17)30-13-29-19/h3-10,12,28H,11,13H2,1-2H3,(H,25,27). The van der Waals surface area contributed by atoms with E-state index in [1.54, 1.807) is 32.0 Å². The number of benzene rings is 2. The van der Waals surface area contributed by atoms with Crippen molar-refractivity contribution in [3.05, 3.63) is 76.4 Å². The number of carbonyl (C=O) groups excluding carboxylic acids is 1. The number of amides is 1. The second-order valence-electron chi connectivity index (χ2n) is 7.56. The van der Waals surface area contributed by atoms with E-state index in [-0.39, 0.29) is 24.1 Å². The molecule has 7 nitrogen and oxygen atoms in total. The Labute approximate surface area is 184 Å². The summed E-state index contributed by atoms with van der Waals surface area (Å²) < 4.78 is 16.5. The van der Waals surface area contributed by atoms with Crippen molar-refractivity contribution < 1.29 is 24.1 Å². The summed E-state index contributed by atoms with van der Waals surface area (Å²) in [6, 6.07) is 14.0. The minimum Gasteiger partial charge on any atom is -0.454 e. The number of aliphatic hydroxyl groups is 1. The zero-order chi connectivity index (χ0) is 22.0. The molecule has 1 aromatic heterocycles. The largest absolute Gasteiger partial charge is 0.454 e. The van der Waals surface area contributed by atoms with Crippen LogP contribution in [0, 0.1) is 0 Å². The van der Waals surface area contributed by atoms with Gasteiger partial charge < -0.3 is 24.6 Å². The average Bonchev–Trinajstić information content (AvgIpc) is 3.21. The SMILES string of the molecule is CC(C)(O)c1ccc(CNC(=O)c2cc(Cl)cnc2Oc2ccc3c(c2)OCO3)cc1. The predicted octanol–water partition coefficient (Wildman–Crippen LogP) is 4.41. The summed E-state index contributed by atoms with van der Waals surface area (Å²) in [7, 11) is 0. The fourth-order valence-electron chi connectivity index (χ4n) is 3.03. The minimum atomic E-state index is -0.921. The number of pyridine rings is 1. The second-order valence-corrected chi connectivity index (χ2v) is 8.00. The van der Waals surface area contributed by atoms with Crippen LogP contribution in [0.1, 0.15) is 35.3 Å². The number of fused-ring (bicyclic) bond motifs is 1. The molecule has 2 heterocycles. The number of hydrogen-bond donors (Lipinski definition) is 2. The van der Waals surface area contributed by atoms with Gasteiger partial charge in [-0.1, -0.05) is 35.9 Å². The fraction of sp³-hybridized carbons (Fsp3) is 0.217. The van der Waals surface area contributed by atoms with E-state index in [2.05, 4.69) is 10.3 Å². The summed E-state index contributed by atoms with van der Waals surface area (Å²) in [6.07, 6.45) is 1.41. The lowest BCUT2D eigenvalue weighted by Gasteiger charge is -2.18. The van der Waals surface area contributed by atoms with Crippen molar-refractivity contribution in [3.8, 4) is 23.1 Å². The topological polar surface area (TPSA) is 89.9 Å². The molecule has 0 aliphatic carbocycles. The molecular formula is C23H21ClN2O5. The number of nitrogens with zero attached hydrogens (tertiary/aromatic N) is 1. The Morgan fingerprint density at radius 3 is 2.65 bits per heavy atom. The highest BCUT2D eigenvalue weighted by Gasteiger charge is 2.19. The molecule has 3 aromatic rings. The second kappa shape index (κ2) is 8.45. The zero-order valence-electron chi connectivity index (χ0n) is 17.0. The van der Waals surface area contributed by atoms with Crippen molar-refractivity contribution in [2.45, 2.75) is 26.0 Å². The molecule has 1 aliphatic heterocycles. The highest BCUT2D eigenvalue weighted by molar-refractivity contribution is 6.30. The van der Waals surface area contributed by atoms with Gasteiger partial charge in [0.05, 0.1) is 10.6 Å². The molecule has 31 heavy (non-hydrogen) atoms. The van der Waals surface area contributed by atoms with E-state index in [0.717, 1.165) is 11.1 Å². The quantitative estimate of drug-likeness (QED) is 0.590. The first-order valence-corrected chi connectivity index (χ1v) is 10.0. The highest BCUT2D eigenvalue weighted by Crippen LogP contribution is 2.37. The fourth-order valence-corrected chi connectivity index (χ4v) is 3.19. The molecule has 0 saturated carbocycles. The summed E-state index contributed by atoms with van der Waals surface area (Å²) in [4.78, 5) is 17.0. The first-order chi connectivity index (χ1) is 14.8. The Morgan fingerprint density at radius 1 is 1.16 bits per heavy atom. The molecule has 0 bridgehead atoms. The van der Waals surface area contributed by atoms with Gasteiger partial charge in [0, 0.05) is 18.8 Å². The normalized spacial score (nSPS) is 12.5. The molecule has 0 fully saturated rings. The molecule has 160 valence electrons. The van der Waals surface area contributed by atoms with Gasteiger partial charge in [0.25, 0.3) is 5.91 Å². The lowest BCUT2D eigenvalue weighted by Crippen LogP contribution is -2.23. The van der Waals surface area contributed by atoms with Crippen molar-refractivity contribution in [1.82, 2.24) is 10.3 Å². The molecule has 1 aliphatic rings. The number of rotatable bonds is 6. The molecule has 4 rings (SSSR count). The van der Waals surface area contributed by atoms with Crippen molar-refractivity contribution in [1.29, 1.82) is 0 Å². The summed E-state index contributed by atoms with van der Waals surface area (Å²) in [5.74, 6) is 1.39. The van der Waals surface area contributed by atoms with Gasteiger partial charge in [0.1, 0.15) is 11.3 Å². The molecule has 2 N–H and O–H groups in total. The van der Waals surface area contributed by atoms with Crippen molar-refractivity contribution in [3.63, 3.8) is 0 Å². The summed E-state index contributed by atoms with van der Waals surface area (Å²) in [5.41, 5.74) is 0.962. The molecule has 8 heteroatoms.